The van der Waals surface area contributed by atoms with Crippen LogP contribution in [0.25, 0.3) is 27.5 Å². The second-order valence-corrected chi connectivity index (χ2v) is 8.87. The Hall–Kier alpha value is -3.85. The maximum Gasteiger partial charge on any atom is 0.264 e. The van der Waals surface area contributed by atoms with Gasteiger partial charge < -0.3 is 9.32 Å². The second kappa shape index (κ2) is 8.25. The van der Waals surface area contributed by atoms with Crippen LogP contribution in [-0.4, -0.2) is 42.6 Å². The van der Waals surface area contributed by atoms with E-state index in [4.69, 9.17) is 4.42 Å². The largest absolute Gasteiger partial charge is 0.461 e. The molecule has 1 atom stereocenters. The van der Waals surface area contributed by atoms with Crippen molar-refractivity contribution in [3.8, 4) is 17.3 Å². The minimum atomic E-state index is -0.113. The van der Waals surface area contributed by atoms with Crippen LogP contribution in [-0.2, 0) is 0 Å². The molecule has 1 unspecified atom stereocenters. The summed E-state index contributed by atoms with van der Waals surface area (Å²) in [4.78, 5) is 29.9. The highest BCUT2D eigenvalue weighted by Crippen LogP contribution is 2.34. The van der Waals surface area contributed by atoms with E-state index in [0.717, 1.165) is 32.7 Å². The maximum atomic E-state index is 13.5. The number of amides is 1. The predicted octanol–water partition coefficient (Wildman–Crippen LogP) is 4.98. The first-order chi connectivity index (χ1) is 15.9. The Labute approximate surface area is 194 Å². The predicted molar refractivity (Wildman–Crippen MR) is 126 cm³/mol. The summed E-state index contributed by atoms with van der Waals surface area (Å²) in [6.07, 6.45) is 4.75. The number of rotatable bonds is 5. The fourth-order valence-electron chi connectivity index (χ4n) is 3.87. The van der Waals surface area contributed by atoms with Crippen molar-refractivity contribution < 1.29 is 9.21 Å². The van der Waals surface area contributed by atoms with E-state index in [-0.39, 0.29) is 11.9 Å². The van der Waals surface area contributed by atoms with Gasteiger partial charge in [0.25, 0.3) is 5.91 Å². The molecular weight excluding hydrogens is 436 g/mol. The highest BCUT2D eigenvalue weighted by atomic mass is 32.1. The molecule has 1 aromatic carbocycles. The van der Waals surface area contributed by atoms with Crippen LogP contribution in [0.15, 0.2) is 59.7 Å². The van der Waals surface area contributed by atoms with Crippen LogP contribution < -0.4 is 0 Å². The number of hydrogen-bond acceptors (Lipinski definition) is 7. The average Bonchev–Trinajstić information content (AvgIpc) is 3.59. The highest BCUT2D eigenvalue weighted by molar-refractivity contribution is 7.20. The average molecular weight is 459 g/mol. The quantitative estimate of drug-likeness (QED) is 0.369. The van der Waals surface area contributed by atoms with Gasteiger partial charge in [0, 0.05) is 12.4 Å². The lowest BCUT2D eigenvalue weighted by atomic mass is 10.1. The number of thiophene rings is 1. The molecular formula is C24H22N6O2S. The van der Waals surface area contributed by atoms with Gasteiger partial charge in [-0.25, -0.2) is 19.6 Å². The molecule has 0 bridgehead atoms. The summed E-state index contributed by atoms with van der Waals surface area (Å²) in [6.45, 7) is 5.92. The summed E-state index contributed by atoms with van der Waals surface area (Å²) in [5, 5.41) is 5.08. The molecule has 0 aliphatic heterocycles. The van der Waals surface area contributed by atoms with E-state index in [1.165, 1.54) is 17.7 Å². The number of furan rings is 1. The molecule has 8 nitrogen and oxygen atoms in total. The van der Waals surface area contributed by atoms with Crippen molar-refractivity contribution in [3.63, 3.8) is 0 Å². The van der Waals surface area contributed by atoms with Crippen LogP contribution in [0.1, 0.15) is 39.5 Å². The fourth-order valence-corrected chi connectivity index (χ4v) is 5.08. The summed E-state index contributed by atoms with van der Waals surface area (Å²) >= 11 is 1.40. The van der Waals surface area contributed by atoms with Gasteiger partial charge in [-0.3, -0.25) is 4.79 Å². The van der Waals surface area contributed by atoms with E-state index >= 15 is 0 Å². The normalized spacial score (nSPS) is 12.2. The van der Waals surface area contributed by atoms with Gasteiger partial charge in [-0.1, -0.05) is 12.1 Å². The summed E-state index contributed by atoms with van der Waals surface area (Å²) < 4.78 is 7.15. The minimum Gasteiger partial charge on any atom is -0.461 e. The van der Waals surface area contributed by atoms with E-state index < -0.39 is 0 Å². The number of benzene rings is 1. The molecule has 33 heavy (non-hydrogen) atoms. The molecule has 4 heterocycles. The molecule has 0 N–H and O–H groups in total. The van der Waals surface area contributed by atoms with Crippen molar-refractivity contribution in [2.24, 2.45) is 0 Å². The summed E-state index contributed by atoms with van der Waals surface area (Å²) in [7, 11) is 1.83. The van der Waals surface area contributed by atoms with Gasteiger partial charge in [-0.15, -0.1) is 11.3 Å². The number of fused-ring (bicyclic) bond motifs is 1. The lowest BCUT2D eigenvalue weighted by Gasteiger charge is -2.25. The standard InChI is InChI=1S/C24H22N6O2S/c1-14-20-15(2)27-22(19-6-5-11-32-19)28-23(20)33-21(14)24(31)29(4)16(3)17-7-9-18(10-8-17)30-13-25-12-26-30/h5-13,16H,1-4H3. The van der Waals surface area contributed by atoms with Gasteiger partial charge in [0.15, 0.2) is 11.6 Å². The van der Waals surface area contributed by atoms with Gasteiger partial charge in [0.2, 0.25) is 0 Å². The van der Waals surface area contributed by atoms with Crippen molar-refractivity contribution in [1.29, 1.82) is 0 Å². The van der Waals surface area contributed by atoms with Crippen LogP contribution in [0.4, 0.5) is 0 Å². The Morgan fingerprint density at radius 3 is 2.61 bits per heavy atom. The first-order valence-corrected chi connectivity index (χ1v) is 11.3. The summed E-state index contributed by atoms with van der Waals surface area (Å²) in [5.41, 5.74) is 3.69. The monoisotopic (exact) mass is 458 g/mol. The maximum absolute atomic E-state index is 13.5. The van der Waals surface area contributed by atoms with Gasteiger partial charge in [-0.05, 0) is 56.2 Å². The minimum absolute atomic E-state index is 0.0395. The Bertz CT molecular complexity index is 1420. The topological polar surface area (TPSA) is 89.9 Å². The second-order valence-electron chi connectivity index (χ2n) is 7.87. The first-order valence-electron chi connectivity index (χ1n) is 10.5. The van der Waals surface area contributed by atoms with Gasteiger partial charge >= 0.3 is 0 Å². The smallest absolute Gasteiger partial charge is 0.264 e. The van der Waals surface area contributed by atoms with Crippen LogP contribution >= 0.6 is 11.3 Å². The number of aryl methyl sites for hydroxylation is 2. The zero-order valence-corrected chi connectivity index (χ0v) is 19.5. The molecule has 0 saturated carbocycles. The molecule has 4 aromatic heterocycles. The van der Waals surface area contributed by atoms with Gasteiger partial charge in [0.1, 0.15) is 17.5 Å². The molecule has 0 spiro atoms. The lowest BCUT2D eigenvalue weighted by molar-refractivity contribution is 0.0747. The highest BCUT2D eigenvalue weighted by Gasteiger charge is 2.25. The van der Waals surface area contributed by atoms with E-state index in [1.807, 2.05) is 64.2 Å². The van der Waals surface area contributed by atoms with Gasteiger partial charge in [-0.2, -0.15) is 5.10 Å². The number of aromatic nitrogens is 5. The van der Waals surface area contributed by atoms with Crippen molar-refractivity contribution in [1.82, 2.24) is 29.6 Å². The molecule has 0 saturated heterocycles. The van der Waals surface area contributed by atoms with Gasteiger partial charge in [0.05, 0.1) is 28.6 Å². The molecule has 5 rings (SSSR count). The molecule has 0 aliphatic carbocycles. The molecule has 0 aliphatic rings. The third-order valence-electron chi connectivity index (χ3n) is 5.87. The van der Waals surface area contributed by atoms with E-state index in [0.29, 0.717) is 16.5 Å². The van der Waals surface area contributed by atoms with E-state index in [9.17, 15) is 4.79 Å². The lowest BCUT2D eigenvalue weighted by Crippen LogP contribution is -2.29. The zero-order chi connectivity index (χ0) is 23.1. The molecule has 0 fully saturated rings. The Kier molecular flexibility index (Phi) is 5.26. The Morgan fingerprint density at radius 2 is 1.94 bits per heavy atom. The molecule has 9 heteroatoms. The number of nitrogens with zero attached hydrogens (tertiary/aromatic N) is 6. The molecule has 5 aromatic rings. The van der Waals surface area contributed by atoms with Crippen molar-refractivity contribution >= 4 is 27.5 Å². The van der Waals surface area contributed by atoms with Crippen LogP contribution in [0.2, 0.25) is 0 Å². The Morgan fingerprint density at radius 1 is 1.15 bits per heavy atom. The third-order valence-corrected chi connectivity index (χ3v) is 7.04. The molecule has 0 radical (unpaired) electrons. The summed E-state index contributed by atoms with van der Waals surface area (Å²) in [6, 6.07) is 11.5. The summed E-state index contributed by atoms with van der Waals surface area (Å²) in [5.74, 6) is 1.10. The number of hydrogen-bond donors (Lipinski definition) is 0. The molecule has 166 valence electrons. The first kappa shape index (κ1) is 21.0. The van der Waals surface area contributed by atoms with Crippen LogP contribution in [0.3, 0.4) is 0 Å². The van der Waals surface area contributed by atoms with E-state index in [1.54, 1.807) is 22.2 Å². The third kappa shape index (κ3) is 3.70. The van der Waals surface area contributed by atoms with Crippen molar-refractivity contribution in [2.45, 2.75) is 26.8 Å². The van der Waals surface area contributed by atoms with Crippen LogP contribution in [0, 0.1) is 13.8 Å². The zero-order valence-electron chi connectivity index (χ0n) is 18.7. The van der Waals surface area contributed by atoms with Crippen LogP contribution in [0.5, 0.6) is 0 Å². The van der Waals surface area contributed by atoms with Crippen molar-refractivity contribution in [3.05, 3.63) is 77.0 Å². The fraction of sp³-hybridized carbons (Fsp3) is 0.208. The molecule has 1 amide bonds. The SMILES string of the molecule is Cc1nc(-c2ccco2)nc2sc(C(=O)N(C)C(C)c3ccc(-n4cncn4)cc3)c(C)c12. The van der Waals surface area contributed by atoms with Crippen molar-refractivity contribution in [2.75, 3.05) is 7.05 Å². The number of carbonyl (C=O) groups excluding carboxylic acids is 1. The van der Waals surface area contributed by atoms with E-state index in [2.05, 4.69) is 20.1 Å². The number of carbonyl (C=O) groups is 1. The Balaban J connectivity index is 1.44.